The molecule has 1 aliphatic carbocycles. The quantitative estimate of drug-likeness (QED) is 0.672. The molecule has 13 heavy (non-hydrogen) atoms. The molecule has 1 fully saturated rings. The molecule has 0 aromatic carbocycles. The monoisotopic (exact) mass is 182 g/mol. The van der Waals surface area contributed by atoms with Gasteiger partial charge in [0.1, 0.15) is 11.6 Å². The summed E-state index contributed by atoms with van der Waals surface area (Å²) in [6, 6.07) is 0. The number of carbonyl (C=O) groups excluding carboxylic acids is 2. The van der Waals surface area contributed by atoms with Gasteiger partial charge in [-0.3, -0.25) is 4.79 Å². The number of Topliss-reactive ketones (excluding diaryl/α,β-unsaturated/α-hetero) is 2. The highest BCUT2D eigenvalue weighted by molar-refractivity contribution is 5.86. The zero-order valence-electron chi connectivity index (χ0n) is 8.56. The first-order valence-corrected chi connectivity index (χ1v) is 5.07. The molecule has 1 atom stereocenters. The highest BCUT2D eigenvalue weighted by Crippen LogP contribution is 2.36. The minimum atomic E-state index is -0.191. The Morgan fingerprint density at radius 3 is 2.69 bits per heavy atom. The lowest BCUT2D eigenvalue weighted by atomic mass is 9.71. The molecular weight excluding hydrogens is 164 g/mol. The van der Waals surface area contributed by atoms with Crippen LogP contribution in [-0.2, 0) is 9.59 Å². The van der Waals surface area contributed by atoms with Crippen LogP contribution in [0.4, 0.5) is 0 Å². The van der Waals surface area contributed by atoms with Crippen LogP contribution in [0.15, 0.2) is 0 Å². The third-order valence-corrected chi connectivity index (χ3v) is 3.08. The van der Waals surface area contributed by atoms with Gasteiger partial charge in [-0.2, -0.15) is 0 Å². The van der Waals surface area contributed by atoms with Crippen LogP contribution < -0.4 is 0 Å². The lowest BCUT2D eigenvalue weighted by Crippen LogP contribution is -2.31. The Morgan fingerprint density at radius 2 is 2.15 bits per heavy atom. The van der Waals surface area contributed by atoms with Crippen LogP contribution in [0, 0.1) is 5.41 Å². The molecule has 1 rings (SSSR count). The molecule has 1 unspecified atom stereocenters. The molecule has 0 aromatic rings. The molecule has 2 heteroatoms. The molecule has 1 aliphatic rings. The van der Waals surface area contributed by atoms with Crippen molar-refractivity contribution < 1.29 is 9.59 Å². The highest BCUT2D eigenvalue weighted by atomic mass is 16.1. The molecule has 0 bridgehead atoms. The Kier molecular flexibility index (Phi) is 3.23. The number of ketones is 2. The molecule has 0 saturated heterocycles. The summed E-state index contributed by atoms with van der Waals surface area (Å²) in [7, 11) is 0. The molecular formula is C11H18O2. The molecule has 0 aromatic heterocycles. The number of carbonyl (C=O) groups is 2. The maximum absolute atomic E-state index is 11.6. The smallest absolute Gasteiger partial charge is 0.138 e. The van der Waals surface area contributed by atoms with Gasteiger partial charge in [-0.05, 0) is 26.2 Å². The lowest BCUT2D eigenvalue weighted by molar-refractivity contribution is -0.131. The predicted octanol–water partition coefficient (Wildman–Crippen LogP) is 2.51. The Balaban J connectivity index is 2.51. The normalized spacial score (nSPS) is 28.9. The van der Waals surface area contributed by atoms with Gasteiger partial charge < -0.3 is 4.79 Å². The summed E-state index contributed by atoms with van der Waals surface area (Å²) in [6.45, 7) is 3.61. The maximum atomic E-state index is 11.6. The van der Waals surface area contributed by atoms with Crippen molar-refractivity contribution >= 4 is 11.6 Å². The van der Waals surface area contributed by atoms with Crippen molar-refractivity contribution in [2.75, 3.05) is 0 Å². The first-order chi connectivity index (χ1) is 6.04. The summed E-state index contributed by atoms with van der Waals surface area (Å²) in [5, 5.41) is 0. The van der Waals surface area contributed by atoms with E-state index >= 15 is 0 Å². The van der Waals surface area contributed by atoms with Crippen molar-refractivity contribution in [1.82, 2.24) is 0 Å². The van der Waals surface area contributed by atoms with E-state index in [9.17, 15) is 9.59 Å². The summed E-state index contributed by atoms with van der Waals surface area (Å²) in [6.07, 6.45) is 5.17. The van der Waals surface area contributed by atoms with Crippen molar-refractivity contribution in [3.63, 3.8) is 0 Å². The largest absolute Gasteiger partial charge is 0.300 e. The van der Waals surface area contributed by atoms with Gasteiger partial charge >= 0.3 is 0 Å². The first kappa shape index (κ1) is 10.4. The fourth-order valence-electron chi connectivity index (χ4n) is 1.96. The second-order valence-corrected chi connectivity index (χ2v) is 4.39. The number of hydrogen-bond donors (Lipinski definition) is 0. The van der Waals surface area contributed by atoms with E-state index < -0.39 is 0 Å². The van der Waals surface area contributed by atoms with E-state index in [2.05, 4.69) is 0 Å². The van der Waals surface area contributed by atoms with E-state index in [0.717, 1.165) is 25.7 Å². The summed E-state index contributed by atoms with van der Waals surface area (Å²) < 4.78 is 0. The summed E-state index contributed by atoms with van der Waals surface area (Å²) in [4.78, 5) is 22.4. The van der Waals surface area contributed by atoms with E-state index in [1.54, 1.807) is 6.92 Å². The van der Waals surface area contributed by atoms with E-state index in [-0.39, 0.29) is 11.2 Å². The van der Waals surface area contributed by atoms with Gasteiger partial charge in [-0.15, -0.1) is 0 Å². The van der Waals surface area contributed by atoms with Crippen LogP contribution in [0.1, 0.15) is 52.4 Å². The van der Waals surface area contributed by atoms with Gasteiger partial charge in [0.15, 0.2) is 0 Å². The molecule has 0 amide bonds. The molecule has 0 aliphatic heterocycles. The fraction of sp³-hybridized carbons (Fsp3) is 0.818. The van der Waals surface area contributed by atoms with Crippen LogP contribution in [-0.4, -0.2) is 11.6 Å². The van der Waals surface area contributed by atoms with Crippen molar-refractivity contribution in [2.24, 2.45) is 5.41 Å². The second-order valence-electron chi connectivity index (χ2n) is 4.39. The summed E-state index contributed by atoms with van der Waals surface area (Å²) in [5.74, 6) is 0.555. The van der Waals surface area contributed by atoms with E-state index in [1.165, 1.54) is 0 Å². The molecule has 0 heterocycles. The van der Waals surface area contributed by atoms with Crippen LogP contribution in [0.3, 0.4) is 0 Å². The van der Waals surface area contributed by atoms with E-state index in [1.807, 2.05) is 6.92 Å². The number of hydrogen-bond acceptors (Lipinski definition) is 2. The van der Waals surface area contributed by atoms with Crippen molar-refractivity contribution in [3.8, 4) is 0 Å². The van der Waals surface area contributed by atoms with Gasteiger partial charge in [0.25, 0.3) is 0 Å². The molecule has 0 N–H and O–H groups in total. The third kappa shape index (κ3) is 2.64. The highest BCUT2D eigenvalue weighted by Gasteiger charge is 2.34. The van der Waals surface area contributed by atoms with Crippen LogP contribution in [0.5, 0.6) is 0 Å². The average molecular weight is 182 g/mol. The molecule has 74 valence electrons. The minimum absolute atomic E-state index is 0.191. The molecule has 0 radical (unpaired) electrons. The fourth-order valence-corrected chi connectivity index (χ4v) is 1.96. The first-order valence-electron chi connectivity index (χ1n) is 5.07. The number of rotatable bonds is 3. The van der Waals surface area contributed by atoms with Gasteiger partial charge in [0.2, 0.25) is 0 Å². The summed E-state index contributed by atoms with van der Waals surface area (Å²) in [5.41, 5.74) is -0.191. The maximum Gasteiger partial charge on any atom is 0.138 e. The standard InChI is InChI=1S/C11H18O2/c1-9(12)6-8-11(2)7-4-3-5-10(11)13/h3-8H2,1-2H3. The third-order valence-electron chi connectivity index (χ3n) is 3.08. The Hall–Kier alpha value is -0.660. The second kappa shape index (κ2) is 4.03. The van der Waals surface area contributed by atoms with Gasteiger partial charge in [-0.25, -0.2) is 0 Å². The Labute approximate surface area is 79.7 Å². The SMILES string of the molecule is CC(=O)CCC1(C)CCCCC1=O. The molecule has 0 spiro atoms. The van der Waals surface area contributed by atoms with Crippen LogP contribution in [0.25, 0.3) is 0 Å². The predicted molar refractivity (Wildman–Crippen MR) is 51.5 cm³/mol. The Bertz CT molecular complexity index is 220. The zero-order valence-corrected chi connectivity index (χ0v) is 8.56. The van der Waals surface area contributed by atoms with Gasteiger partial charge in [0.05, 0.1) is 0 Å². The Morgan fingerprint density at radius 1 is 1.46 bits per heavy atom. The topological polar surface area (TPSA) is 34.1 Å². The average Bonchev–Trinajstić information content (AvgIpc) is 2.07. The minimum Gasteiger partial charge on any atom is -0.300 e. The van der Waals surface area contributed by atoms with E-state index in [4.69, 9.17) is 0 Å². The van der Waals surface area contributed by atoms with E-state index in [0.29, 0.717) is 18.6 Å². The van der Waals surface area contributed by atoms with Crippen molar-refractivity contribution in [2.45, 2.75) is 52.4 Å². The van der Waals surface area contributed by atoms with Crippen LogP contribution in [0.2, 0.25) is 0 Å². The molecule has 1 saturated carbocycles. The lowest BCUT2D eigenvalue weighted by Gasteiger charge is -2.31. The molecule has 2 nitrogen and oxygen atoms in total. The van der Waals surface area contributed by atoms with Crippen LogP contribution >= 0.6 is 0 Å². The van der Waals surface area contributed by atoms with Gasteiger partial charge in [-0.1, -0.05) is 13.3 Å². The van der Waals surface area contributed by atoms with Crippen molar-refractivity contribution in [3.05, 3.63) is 0 Å². The van der Waals surface area contributed by atoms with Gasteiger partial charge in [0, 0.05) is 18.3 Å². The summed E-state index contributed by atoms with van der Waals surface area (Å²) >= 11 is 0. The zero-order chi connectivity index (χ0) is 9.90. The van der Waals surface area contributed by atoms with Crippen molar-refractivity contribution in [1.29, 1.82) is 0 Å².